The molecule has 1 N–H and O–H groups in total. The zero-order valence-electron chi connectivity index (χ0n) is 18.9. The lowest BCUT2D eigenvalue weighted by atomic mass is 10.1. The normalized spacial score (nSPS) is 12.2. The highest BCUT2D eigenvalue weighted by atomic mass is 35.5. The van der Waals surface area contributed by atoms with Crippen molar-refractivity contribution in [3.63, 3.8) is 0 Å². The number of thioether (sulfide) groups is 1. The van der Waals surface area contributed by atoms with E-state index in [1.807, 2.05) is 20.8 Å². The highest BCUT2D eigenvalue weighted by Gasteiger charge is 2.28. The van der Waals surface area contributed by atoms with Gasteiger partial charge in [0.15, 0.2) is 0 Å². The van der Waals surface area contributed by atoms with Crippen LogP contribution in [0.1, 0.15) is 38.8 Å². The van der Waals surface area contributed by atoms with Crippen molar-refractivity contribution in [3.05, 3.63) is 73.8 Å². The van der Waals surface area contributed by atoms with Gasteiger partial charge in [0.2, 0.25) is 11.8 Å². The first-order chi connectivity index (χ1) is 15.4. The summed E-state index contributed by atoms with van der Waals surface area (Å²) in [7, 11) is 0. The number of hydrogen-bond acceptors (Lipinski definition) is 5. The molecule has 0 saturated carbocycles. The summed E-state index contributed by atoms with van der Waals surface area (Å²) in [5.74, 6) is 0.194. The first-order valence-corrected chi connectivity index (χ1v) is 12.1. The van der Waals surface area contributed by atoms with Gasteiger partial charge in [0.25, 0.3) is 5.69 Å². The Hall–Kier alpha value is -2.29. The fourth-order valence-corrected chi connectivity index (χ4v) is 4.14. The molecule has 2 aromatic rings. The molecule has 0 saturated heterocycles. The zero-order chi connectivity index (χ0) is 24.8. The number of halogens is 2. The smallest absolute Gasteiger partial charge is 0.269 e. The summed E-state index contributed by atoms with van der Waals surface area (Å²) in [6.45, 7) is 7.53. The minimum absolute atomic E-state index is 0.0197. The molecule has 7 nitrogen and oxygen atoms in total. The predicted molar refractivity (Wildman–Crippen MR) is 134 cm³/mol. The number of carbonyl (C=O) groups is 2. The van der Waals surface area contributed by atoms with Crippen molar-refractivity contribution in [2.24, 2.45) is 0 Å². The highest BCUT2D eigenvalue weighted by molar-refractivity contribution is 7.99. The van der Waals surface area contributed by atoms with Crippen LogP contribution in [0.4, 0.5) is 5.69 Å². The van der Waals surface area contributed by atoms with Gasteiger partial charge in [0.1, 0.15) is 6.04 Å². The molecule has 33 heavy (non-hydrogen) atoms. The van der Waals surface area contributed by atoms with Crippen molar-refractivity contribution in [2.75, 3.05) is 5.75 Å². The third kappa shape index (κ3) is 8.53. The quantitative estimate of drug-likeness (QED) is 0.356. The maximum absolute atomic E-state index is 13.1. The van der Waals surface area contributed by atoms with Gasteiger partial charge in [0.05, 0.1) is 20.7 Å². The Kier molecular flexibility index (Phi) is 9.57. The summed E-state index contributed by atoms with van der Waals surface area (Å²) in [5.41, 5.74) is 1.21. The van der Waals surface area contributed by atoms with Crippen LogP contribution >= 0.6 is 35.0 Å². The minimum atomic E-state index is -0.703. The second-order valence-corrected chi connectivity index (χ2v) is 10.4. The van der Waals surface area contributed by atoms with Gasteiger partial charge >= 0.3 is 0 Å². The number of rotatable bonds is 9. The van der Waals surface area contributed by atoms with Crippen molar-refractivity contribution in [3.8, 4) is 0 Å². The fourth-order valence-electron chi connectivity index (χ4n) is 2.94. The van der Waals surface area contributed by atoms with Gasteiger partial charge in [-0.15, -0.1) is 11.8 Å². The third-order valence-corrected chi connectivity index (χ3v) is 6.37. The van der Waals surface area contributed by atoms with Crippen molar-refractivity contribution in [1.29, 1.82) is 0 Å². The van der Waals surface area contributed by atoms with Gasteiger partial charge in [0, 0.05) is 30.0 Å². The monoisotopic (exact) mass is 511 g/mol. The van der Waals surface area contributed by atoms with Crippen LogP contribution in [-0.4, -0.2) is 39.0 Å². The molecule has 0 aliphatic heterocycles. The summed E-state index contributed by atoms with van der Waals surface area (Å²) in [6.07, 6.45) is 0. The summed E-state index contributed by atoms with van der Waals surface area (Å²) in [4.78, 5) is 37.8. The molecule has 2 rings (SSSR count). The molecule has 2 aromatic carbocycles. The Labute approximate surface area is 208 Å². The zero-order valence-corrected chi connectivity index (χ0v) is 21.3. The maximum atomic E-state index is 13.1. The molecule has 0 aliphatic rings. The van der Waals surface area contributed by atoms with E-state index in [1.165, 1.54) is 28.8 Å². The molecular weight excluding hydrogens is 485 g/mol. The topological polar surface area (TPSA) is 92.6 Å². The molecule has 0 aromatic heterocycles. The van der Waals surface area contributed by atoms with E-state index >= 15 is 0 Å². The number of nitrogens with zero attached hydrogens (tertiary/aromatic N) is 2. The average Bonchev–Trinajstić information content (AvgIpc) is 2.73. The van der Waals surface area contributed by atoms with E-state index in [2.05, 4.69) is 5.32 Å². The van der Waals surface area contributed by atoms with E-state index in [4.69, 9.17) is 23.2 Å². The lowest BCUT2D eigenvalue weighted by Crippen LogP contribution is -2.52. The Morgan fingerprint density at radius 2 is 1.70 bits per heavy atom. The molecule has 0 spiro atoms. The van der Waals surface area contributed by atoms with E-state index in [9.17, 15) is 19.7 Å². The number of non-ortho nitro benzene ring substituents is 1. The van der Waals surface area contributed by atoms with Crippen LogP contribution in [0.2, 0.25) is 10.0 Å². The van der Waals surface area contributed by atoms with Gasteiger partial charge in [-0.1, -0.05) is 41.4 Å². The Bertz CT molecular complexity index is 1010. The van der Waals surface area contributed by atoms with E-state index in [-0.39, 0.29) is 29.8 Å². The van der Waals surface area contributed by atoms with E-state index in [1.54, 1.807) is 37.3 Å². The Balaban J connectivity index is 2.11. The number of nitro groups is 1. The van der Waals surface area contributed by atoms with Gasteiger partial charge in [-0.25, -0.2) is 0 Å². The molecule has 2 amide bonds. The first kappa shape index (κ1) is 27.0. The van der Waals surface area contributed by atoms with Crippen LogP contribution in [0.15, 0.2) is 42.5 Å². The van der Waals surface area contributed by atoms with Crippen LogP contribution in [0.5, 0.6) is 0 Å². The average molecular weight is 512 g/mol. The van der Waals surface area contributed by atoms with Crippen molar-refractivity contribution in [1.82, 2.24) is 10.2 Å². The summed E-state index contributed by atoms with van der Waals surface area (Å²) in [5, 5.41) is 14.5. The fraction of sp³-hybridized carbons (Fsp3) is 0.391. The Morgan fingerprint density at radius 1 is 1.09 bits per heavy atom. The van der Waals surface area contributed by atoms with E-state index in [0.29, 0.717) is 15.8 Å². The molecule has 10 heteroatoms. The van der Waals surface area contributed by atoms with Crippen LogP contribution < -0.4 is 5.32 Å². The van der Waals surface area contributed by atoms with Gasteiger partial charge < -0.3 is 10.2 Å². The summed E-state index contributed by atoms with van der Waals surface area (Å²) >= 11 is 13.5. The number of nitro benzene ring substituents is 1. The van der Waals surface area contributed by atoms with Gasteiger partial charge in [-0.05, 0) is 51.0 Å². The SMILES string of the molecule is C[C@H](C(=O)NC(C)(C)C)N(Cc1ccc(Cl)c(Cl)c1)C(=O)CSCc1ccc([N+](=O)[O-])cc1. The van der Waals surface area contributed by atoms with Gasteiger partial charge in [-0.3, -0.25) is 19.7 Å². The van der Waals surface area contributed by atoms with Crippen LogP contribution in [0.3, 0.4) is 0 Å². The number of hydrogen-bond donors (Lipinski definition) is 1. The number of benzene rings is 2. The lowest BCUT2D eigenvalue weighted by Gasteiger charge is -2.31. The molecule has 0 unspecified atom stereocenters. The minimum Gasteiger partial charge on any atom is -0.350 e. The molecule has 0 radical (unpaired) electrons. The van der Waals surface area contributed by atoms with E-state index in [0.717, 1.165) is 11.1 Å². The molecule has 0 aliphatic carbocycles. The molecule has 0 heterocycles. The lowest BCUT2D eigenvalue weighted by molar-refractivity contribution is -0.384. The molecular formula is C23H27Cl2N3O4S. The molecule has 0 bridgehead atoms. The van der Waals surface area contributed by atoms with Gasteiger partial charge in [-0.2, -0.15) is 0 Å². The van der Waals surface area contributed by atoms with E-state index < -0.39 is 16.5 Å². The third-order valence-electron chi connectivity index (χ3n) is 4.64. The maximum Gasteiger partial charge on any atom is 0.269 e. The first-order valence-electron chi connectivity index (χ1n) is 10.2. The molecule has 1 atom stereocenters. The van der Waals surface area contributed by atoms with Crippen molar-refractivity contribution >= 4 is 52.5 Å². The van der Waals surface area contributed by atoms with Crippen LogP contribution in [0.25, 0.3) is 0 Å². The van der Waals surface area contributed by atoms with Crippen LogP contribution in [-0.2, 0) is 21.9 Å². The Morgan fingerprint density at radius 3 is 2.24 bits per heavy atom. The van der Waals surface area contributed by atoms with Crippen molar-refractivity contribution < 1.29 is 14.5 Å². The molecule has 0 fully saturated rings. The van der Waals surface area contributed by atoms with Crippen molar-refractivity contribution in [2.45, 2.75) is 51.6 Å². The second-order valence-electron chi connectivity index (χ2n) is 8.60. The highest BCUT2D eigenvalue weighted by Crippen LogP contribution is 2.24. The number of nitrogens with one attached hydrogen (secondary N) is 1. The summed E-state index contributed by atoms with van der Waals surface area (Å²) < 4.78 is 0. The predicted octanol–water partition coefficient (Wildman–Crippen LogP) is 5.47. The standard InChI is InChI=1S/C23H27Cl2N3O4S/c1-15(22(30)26-23(2,3)4)27(12-17-7-10-19(24)20(25)11-17)21(29)14-33-13-16-5-8-18(9-6-16)28(31)32/h5-11,15H,12-14H2,1-4H3,(H,26,30)/t15-/m1/s1. The largest absolute Gasteiger partial charge is 0.350 e. The summed E-state index contributed by atoms with van der Waals surface area (Å²) in [6, 6.07) is 10.6. The number of amides is 2. The van der Waals surface area contributed by atoms with Crippen LogP contribution in [0, 0.1) is 10.1 Å². The number of carbonyl (C=O) groups excluding carboxylic acids is 2. The second kappa shape index (κ2) is 11.7. The molecule has 178 valence electrons.